The fourth-order valence-electron chi connectivity index (χ4n) is 2.60. The van der Waals surface area contributed by atoms with Gasteiger partial charge in [-0.3, -0.25) is 14.2 Å². The highest BCUT2D eigenvalue weighted by Gasteiger charge is 2.26. The SMILES string of the molecule is CCc1nn(C)c(CC)c1S(=O)(=O)Nc1ccc(CC(=O)O)cc1. The number of nitrogens with one attached hydrogen (secondary N) is 1. The van der Waals surface area contributed by atoms with Crippen molar-refractivity contribution in [2.45, 2.75) is 38.0 Å². The first-order chi connectivity index (χ1) is 11.3. The second-order valence-electron chi connectivity index (χ2n) is 5.43. The molecule has 0 aliphatic carbocycles. The van der Waals surface area contributed by atoms with Crippen molar-refractivity contribution in [1.82, 2.24) is 9.78 Å². The minimum absolute atomic E-state index is 0.102. The Morgan fingerprint density at radius 2 is 1.83 bits per heavy atom. The molecule has 8 heteroatoms. The smallest absolute Gasteiger partial charge is 0.307 e. The molecule has 0 saturated carbocycles. The first kappa shape index (κ1) is 18.0. The maximum Gasteiger partial charge on any atom is 0.307 e. The summed E-state index contributed by atoms with van der Waals surface area (Å²) in [5.74, 6) is -0.932. The Bertz CT molecular complexity index is 839. The number of anilines is 1. The second-order valence-corrected chi connectivity index (χ2v) is 7.05. The number of sulfonamides is 1. The Hall–Kier alpha value is -2.35. The van der Waals surface area contributed by atoms with Gasteiger partial charge >= 0.3 is 5.97 Å². The molecule has 7 nitrogen and oxygen atoms in total. The lowest BCUT2D eigenvalue weighted by molar-refractivity contribution is -0.136. The Morgan fingerprint density at radius 3 is 2.33 bits per heavy atom. The molecule has 0 unspecified atom stereocenters. The van der Waals surface area contributed by atoms with Crippen LogP contribution in [0.1, 0.15) is 30.8 Å². The van der Waals surface area contributed by atoms with E-state index in [9.17, 15) is 13.2 Å². The normalized spacial score (nSPS) is 11.5. The van der Waals surface area contributed by atoms with Crippen LogP contribution in [0.15, 0.2) is 29.2 Å². The van der Waals surface area contributed by atoms with Crippen LogP contribution in [0.25, 0.3) is 0 Å². The van der Waals surface area contributed by atoms with Crippen LogP contribution in [-0.4, -0.2) is 29.3 Å². The van der Waals surface area contributed by atoms with E-state index in [1.807, 2.05) is 13.8 Å². The van der Waals surface area contributed by atoms with Gasteiger partial charge in [0.25, 0.3) is 10.0 Å². The zero-order valence-electron chi connectivity index (χ0n) is 13.9. The zero-order valence-corrected chi connectivity index (χ0v) is 14.7. The molecule has 0 fully saturated rings. The summed E-state index contributed by atoms with van der Waals surface area (Å²) in [7, 11) is -2.03. The number of hydrogen-bond acceptors (Lipinski definition) is 4. The van der Waals surface area contributed by atoms with Crippen molar-refractivity contribution in [3.63, 3.8) is 0 Å². The van der Waals surface area contributed by atoms with Crippen LogP contribution in [0, 0.1) is 0 Å². The van der Waals surface area contributed by atoms with Crippen LogP contribution in [0.2, 0.25) is 0 Å². The fourth-order valence-corrected chi connectivity index (χ4v) is 4.23. The second kappa shape index (κ2) is 7.04. The molecule has 2 rings (SSSR count). The molecule has 0 aliphatic heterocycles. The largest absolute Gasteiger partial charge is 0.481 e. The van der Waals surface area contributed by atoms with Crippen LogP contribution in [0.3, 0.4) is 0 Å². The van der Waals surface area contributed by atoms with Crippen molar-refractivity contribution in [1.29, 1.82) is 0 Å². The van der Waals surface area contributed by atoms with Crippen molar-refractivity contribution in [3.8, 4) is 0 Å². The van der Waals surface area contributed by atoms with Gasteiger partial charge in [0, 0.05) is 12.7 Å². The Balaban J connectivity index is 2.34. The van der Waals surface area contributed by atoms with E-state index >= 15 is 0 Å². The number of carboxylic acid groups (broad SMARTS) is 1. The van der Waals surface area contributed by atoms with Crippen LogP contribution >= 0.6 is 0 Å². The Morgan fingerprint density at radius 1 is 1.21 bits per heavy atom. The maximum absolute atomic E-state index is 12.8. The minimum atomic E-state index is -3.76. The Kier molecular flexibility index (Phi) is 5.28. The summed E-state index contributed by atoms with van der Waals surface area (Å²) in [6, 6.07) is 6.31. The molecule has 0 saturated heterocycles. The van der Waals surface area contributed by atoms with Gasteiger partial charge in [-0.2, -0.15) is 5.10 Å². The van der Waals surface area contributed by atoms with Crippen molar-refractivity contribution in [2.75, 3.05) is 4.72 Å². The molecular formula is C16H21N3O4S. The highest BCUT2D eigenvalue weighted by Crippen LogP contribution is 2.24. The van der Waals surface area contributed by atoms with Gasteiger partial charge in [-0.25, -0.2) is 8.42 Å². The third-order valence-electron chi connectivity index (χ3n) is 3.69. The summed E-state index contributed by atoms with van der Waals surface area (Å²) < 4.78 is 29.7. The van der Waals surface area contributed by atoms with Gasteiger partial charge in [0.1, 0.15) is 4.90 Å². The molecule has 1 heterocycles. The molecule has 0 amide bonds. The molecule has 130 valence electrons. The number of carboxylic acids is 1. The van der Waals surface area contributed by atoms with Crippen molar-refractivity contribution < 1.29 is 18.3 Å². The standard InChI is InChI=1S/C16H21N3O4S/c1-4-13-16(14(5-2)19(3)17-13)24(22,23)18-12-8-6-11(7-9-12)10-15(20)21/h6-9,18H,4-5,10H2,1-3H3,(H,20,21). The molecule has 1 aromatic heterocycles. The number of aliphatic carboxylic acids is 1. The number of nitrogens with zero attached hydrogens (tertiary/aromatic N) is 2. The van der Waals surface area contributed by atoms with Gasteiger partial charge in [-0.15, -0.1) is 0 Å². The highest BCUT2D eigenvalue weighted by molar-refractivity contribution is 7.92. The summed E-state index contributed by atoms with van der Waals surface area (Å²) in [6.07, 6.45) is 0.967. The van der Waals surface area contributed by atoms with Gasteiger partial charge < -0.3 is 5.11 Å². The van der Waals surface area contributed by atoms with Crippen molar-refractivity contribution >= 4 is 21.7 Å². The van der Waals surface area contributed by atoms with E-state index in [1.165, 1.54) is 0 Å². The van der Waals surface area contributed by atoms with Crippen LogP contribution in [-0.2, 0) is 41.1 Å². The molecular weight excluding hydrogens is 330 g/mol. The summed E-state index contributed by atoms with van der Waals surface area (Å²) in [4.78, 5) is 10.9. The van der Waals surface area contributed by atoms with E-state index in [-0.39, 0.29) is 11.3 Å². The molecule has 2 aromatic rings. The van der Waals surface area contributed by atoms with E-state index in [2.05, 4.69) is 9.82 Å². The summed E-state index contributed by atoms with van der Waals surface area (Å²) in [5, 5.41) is 13.1. The van der Waals surface area contributed by atoms with Gasteiger partial charge in [-0.05, 0) is 30.5 Å². The molecule has 0 aliphatic rings. The van der Waals surface area contributed by atoms with E-state index in [4.69, 9.17) is 5.11 Å². The third-order valence-corrected chi connectivity index (χ3v) is 5.20. The van der Waals surface area contributed by atoms with E-state index < -0.39 is 16.0 Å². The number of hydrogen-bond donors (Lipinski definition) is 2. The topological polar surface area (TPSA) is 101 Å². The summed E-state index contributed by atoms with van der Waals surface area (Å²) in [6.45, 7) is 3.75. The number of benzene rings is 1. The minimum Gasteiger partial charge on any atom is -0.481 e. The molecule has 24 heavy (non-hydrogen) atoms. The average Bonchev–Trinajstić information content (AvgIpc) is 2.85. The van der Waals surface area contributed by atoms with E-state index in [1.54, 1.807) is 36.0 Å². The van der Waals surface area contributed by atoms with E-state index in [0.29, 0.717) is 35.5 Å². The molecule has 2 N–H and O–H groups in total. The monoisotopic (exact) mass is 351 g/mol. The predicted molar refractivity (Wildman–Crippen MR) is 90.6 cm³/mol. The van der Waals surface area contributed by atoms with Gasteiger partial charge in [0.2, 0.25) is 0 Å². The molecule has 0 atom stereocenters. The maximum atomic E-state index is 12.8. The highest BCUT2D eigenvalue weighted by atomic mass is 32.2. The average molecular weight is 351 g/mol. The van der Waals surface area contributed by atoms with Crippen LogP contribution in [0.5, 0.6) is 0 Å². The third kappa shape index (κ3) is 3.76. The van der Waals surface area contributed by atoms with E-state index in [0.717, 1.165) is 0 Å². The molecule has 0 bridgehead atoms. The molecule has 0 spiro atoms. The lowest BCUT2D eigenvalue weighted by atomic mass is 10.1. The summed E-state index contributed by atoms with van der Waals surface area (Å²) >= 11 is 0. The van der Waals surface area contributed by atoms with Crippen LogP contribution in [0.4, 0.5) is 5.69 Å². The van der Waals surface area contributed by atoms with Crippen molar-refractivity contribution in [2.24, 2.45) is 7.05 Å². The van der Waals surface area contributed by atoms with Gasteiger partial charge in [0.05, 0.1) is 17.8 Å². The number of aryl methyl sites for hydroxylation is 2. The first-order valence-electron chi connectivity index (χ1n) is 7.66. The quantitative estimate of drug-likeness (QED) is 0.794. The number of aromatic nitrogens is 2. The van der Waals surface area contributed by atoms with Crippen LogP contribution < -0.4 is 4.72 Å². The Labute approximate surface area is 141 Å². The van der Waals surface area contributed by atoms with Gasteiger partial charge in [0.15, 0.2) is 0 Å². The molecule has 0 radical (unpaired) electrons. The first-order valence-corrected chi connectivity index (χ1v) is 9.15. The lowest BCUT2D eigenvalue weighted by Crippen LogP contribution is -2.16. The summed E-state index contributed by atoms with van der Waals surface area (Å²) in [5.41, 5.74) is 2.18. The lowest BCUT2D eigenvalue weighted by Gasteiger charge is -2.10. The fraction of sp³-hybridized carbons (Fsp3) is 0.375. The number of carbonyl (C=O) groups is 1. The van der Waals surface area contributed by atoms with Crippen molar-refractivity contribution in [3.05, 3.63) is 41.2 Å². The number of rotatable bonds is 7. The zero-order chi connectivity index (χ0) is 17.9. The molecule has 1 aromatic carbocycles. The van der Waals surface area contributed by atoms with Gasteiger partial charge in [-0.1, -0.05) is 26.0 Å². The predicted octanol–water partition coefficient (Wildman–Crippen LogP) is 1.97.